The van der Waals surface area contributed by atoms with Crippen LogP contribution in [0.3, 0.4) is 0 Å². The Morgan fingerprint density at radius 1 is 1.47 bits per heavy atom. The summed E-state index contributed by atoms with van der Waals surface area (Å²) < 4.78 is 11.0. The number of halogens is 1. The molecule has 0 aliphatic carbocycles. The van der Waals surface area contributed by atoms with Gasteiger partial charge in [-0.1, -0.05) is 17.7 Å². The Morgan fingerprint density at radius 2 is 2.24 bits per heavy atom. The highest BCUT2D eigenvalue weighted by molar-refractivity contribution is 6.31. The summed E-state index contributed by atoms with van der Waals surface area (Å²) >= 11 is 6.22. The number of hydrogen-bond donors (Lipinski definition) is 1. The van der Waals surface area contributed by atoms with Crippen LogP contribution in [0.15, 0.2) is 18.2 Å². The first-order valence-corrected chi connectivity index (χ1v) is 6.10. The normalized spacial score (nSPS) is 23.4. The van der Waals surface area contributed by atoms with Crippen LogP contribution in [0.5, 0.6) is 5.75 Å². The average Bonchev–Trinajstić information content (AvgIpc) is 2.29. The molecule has 3 nitrogen and oxygen atoms in total. The number of benzene rings is 1. The lowest BCUT2D eigenvalue weighted by Gasteiger charge is -2.36. The predicted molar refractivity (Wildman–Crippen MR) is 68.8 cm³/mol. The van der Waals surface area contributed by atoms with E-state index in [0.717, 1.165) is 17.9 Å². The van der Waals surface area contributed by atoms with Crippen molar-refractivity contribution in [2.45, 2.75) is 25.5 Å². The lowest BCUT2D eigenvalue weighted by Crippen LogP contribution is -2.50. The summed E-state index contributed by atoms with van der Waals surface area (Å²) in [7, 11) is 1.63. The lowest BCUT2D eigenvalue weighted by atomic mass is 10.0. The Kier molecular flexibility index (Phi) is 3.61. The third-order valence-corrected chi connectivity index (χ3v) is 3.29. The second-order valence-corrected chi connectivity index (χ2v) is 5.36. The first-order valence-electron chi connectivity index (χ1n) is 5.72. The van der Waals surface area contributed by atoms with Gasteiger partial charge in [-0.3, -0.25) is 0 Å². The molecular weight excluding hydrogens is 238 g/mol. The topological polar surface area (TPSA) is 30.5 Å². The van der Waals surface area contributed by atoms with Gasteiger partial charge >= 0.3 is 0 Å². The molecule has 4 heteroatoms. The minimum Gasteiger partial charge on any atom is -0.497 e. The SMILES string of the molecule is COc1ccc(C2CNC(C)(C)CO2)c(Cl)c1. The van der Waals surface area contributed by atoms with E-state index in [4.69, 9.17) is 21.1 Å². The van der Waals surface area contributed by atoms with Gasteiger partial charge in [0.1, 0.15) is 5.75 Å². The number of morpholine rings is 1. The number of ether oxygens (including phenoxy) is 2. The highest BCUT2D eigenvalue weighted by atomic mass is 35.5. The van der Waals surface area contributed by atoms with E-state index in [1.54, 1.807) is 7.11 Å². The highest BCUT2D eigenvalue weighted by Gasteiger charge is 2.28. The molecule has 0 spiro atoms. The summed E-state index contributed by atoms with van der Waals surface area (Å²) in [6.07, 6.45) is 0.0152. The molecule has 0 amide bonds. The second kappa shape index (κ2) is 4.84. The number of nitrogens with one attached hydrogen (secondary N) is 1. The minimum atomic E-state index is 0.0152. The maximum absolute atomic E-state index is 6.22. The van der Waals surface area contributed by atoms with E-state index in [-0.39, 0.29) is 11.6 Å². The van der Waals surface area contributed by atoms with Gasteiger partial charge in [0.05, 0.1) is 24.8 Å². The van der Waals surface area contributed by atoms with E-state index in [9.17, 15) is 0 Å². The summed E-state index contributed by atoms with van der Waals surface area (Å²) in [4.78, 5) is 0. The van der Waals surface area contributed by atoms with Crippen molar-refractivity contribution in [2.75, 3.05) is 20.3 Å². The van der Waals surface area contributed by atoms with Crippen molar-refractivity contribution in [1.82, 2.24) is 5.32 Å². The van der Waals surface area contributed by atoms with E-state index in [0.29, 0.717) is 11.6 Å². The summed E-state index contributed by atoms with van der Waals surface area (Å²) in [6, 6.07) is 5.69. The van der Waals surface area contributed by atoms with E-state index in [1.807, 2.05) is 18.2 Å². The molecule has 2 rings (SSSR count). The Labute approximate surface area is 107 Å². The van der Waals surface area contributed by atoms with Gasteiger partial charge in [-0.25, -0.2) is 0 Å². The van der Waals surface area contributed by atoms with Gasteiger partial charge in [0.2, 0.25) is 0 Å². The molecule has 1 aliphatic heterocycles. The highest BCUT2D eigenvalue weighted by Crippen LogP contribution is 2.31. The zero-order valence-electron chi connectivity index (χ0n) is 10.4. The molecule has 1 heterocycles. The van der Waals surface area contributed by atoms with Gasteiger partial charge in [-0.2, -0.15) is 0 Å². The van der Waals surface area contributed by atoms with E-state index in [2.05, 4.69) is 19.2 Å². The molecule has 1 aliphatic rings. The number of hydrogen-bond acceptors (Lipinski definition) is 3. The molecule has 0 saturated carbocycles. The zero-order valence-corrected chi connectivity index (χ0v) is 11.2. The first kappa shape index (κ1) is 12.7. The fourth-order valence-corrected chi connectivity index (χ4v) is 2.18. The third kappa shape index (κ3) is 2.92. The van der Waals surface area contributed by atoms with Crippen LogP contribution in [0, 0.1) is 0 Å². The molecule has 0 radical (unpaired) electrons. The maximum atomic E-state index is 6.22. The summed E-state index contributed by atoms with van der Waals surface area (Å²) in [6.45, 7) is 5.71. The van der Waals surface area contributed by atoms with Crippen molar-refractivity contribution < 1.29 is 9.47 Å². The smallest absolute Gasteiger partial charge is 0.120 e. The Hall–Kier alpha value is -0.770. The maximum Gasteiger partial charge on any atom is 0.120 e. The van der Waals surface area contributed by atoms with Crippen LogP contribution in [0.2, 0.25) is 5.02 Å². The van der Waals surface area contributed by atoms with Gasteiger partial charge in [0.25, 0.3) is 0 Å². The molecule has 1 atom stereocenters. The van der Waals surface area contributed by atoms with Gasteiger partial charge in [0.15, 0.2) is 0 Å². The van der Waals surface area contributed by atoms with Gasteiger partial charge < -0.3 is 14.8 Å². The second-order valence-electron chi connectivity index (χ2n) is 4.95. The summed E-state index contributed by atoms with van der Waals surface area (Å²) in [5.41, 5.74) is 1.05. The molecule has 1 fully saturated rings. The van der Waals surface area contributed by atoms with Crippen molar-refractivity contribution >= 4 is 11.6 Å². The molecule has 0 aromatic heterocycles. The van der Waals surface area contributed by atoms with E-state index >= 15 is 0 Å². The van der Waals surface area contributed by atoms with Crippen LogP contribution in [0.4, 0.5) is 0 Å². The van der Waals surface area contributed by atoms with Crippen molar-refractivity contribution in [3.05, 3.63) is 28.8 Å². The molecule has 1 saturated heterocycles. The number of methoxy groups -OCH3 is 1. The average molecular weight is 256 g/mol. The fourth-order valence-electron chi connectivity index (χ4n) is 1.88. The molecule has 1 aromatic carbocycles. The van der Waals surface area contributed by atoms with Crippen LogP contribution in [0.25, 0.3) is 0 Å². The molecule has 1 unspecified atom stereocenters. The van der Waals surface area contributed by atoms with Crippen molar-refractivity contribution in [3.63, 3.8) is 0 Å². The van der Waals surface area contributed by atoms with Crippen LogP contribution in [-0.4, -0.2) is 25.8 Å². The summed E-state index contributed by atoms with van der Waals surface area (Å²) in [5, 5.41) is 4.14. The van der Waals surface area contributed by atoms with Crippen LogP contribution in [-0.2, 0) is 4.74 Å². The zero-order chi connectivity index (χ0) is 12.5. The number of rotatable bonds is 2. The Morgan fingerprint density at radius 3 is 2.76 bits per heavy atom. The van der Waals surface area contributed by atoms with Gasteiger partial charge in [0, 0.05) is 17.6 Å². The molecule has 94 valence electrons. The quantitative estimate of drug-likeness (QED) is 0.882. The van der Waals surface area contributed by atoms with Gasteiger partial charge in [-0.05, 0) is 26.0 Å². The molecule has 1 N–H and O–H groups in total. The summed E-state index contributed by atoms with van der Waals surface area (Å²) in [5.74, 6) is 0.767. The largest absolute Gasteiger partial charge is 0.497 e. The monoisotopic (exact) mass is 255 g/mol. The predicted octanol–water partition coefficient (Wildman–Crippen LogP) is 2.79. The molecule has 1 aromatic rings. The minimum absolute atomic E-state index is 0.0152. The van der Waals surface area contributed by atoms with E-state index < -0.39 is 0 Å². The van der Waals surface area contributed by atoms with Crippen LogP contribution in [0.1, 0.15) is 25.5 Å². The lowest BCUT2D eigenvalue weighted by molar-refractivity contribution is -0.0228. The van der Waals surface area contributed by atoms with Crippen molar-refractivity contribution in [1.29, 1.82) is 0 Å². The van der Waals surface area contributed by atoms with Crippen LogP contribution < -0.4 is 10.1 Å². The van der Waals surface area contributed by atoms with Crippen molar-refractivity contribution in [2.24, 2.45) is 0 Å². The first-order chi connectivity index (χ1) is 8.02. The van der Waals surface area contributed by atoms with Crippen LogP contribution >= 0.6 is 11.6 Å². The van der Waals surface area contributed by atoms with E-state index in [1.165, 1.54) is 0 Å². The van der Waals surface area contributed by atoms with Crippen molar-refractivity contribution in [3.8, 4) is 5.75 Å². The van der Waals surface area contributed by atoms with Gasteiger partial charge in [-0.15, -0.1) is 0 Å². The molecular formula is C13H18ClNO2. The fraction of sp³-hybridized carbons (Fsp3) is 0.538. The standard InChI is InChI=1S/C13H18ClNO2/c1-13(2)8-17-12(7-15-13)10-5-4-9(16-3)6-11(10)14/h4-6,12,15H,7-8H2,1-3H3. The molecule has 17 heavy (non-hydrogen) atoms. The Bertz CT molecular complexity index is 396. The third-order valence-electron chi connectivity index (χ3n) is 2.97. The molecule has 0 bridgehead atoms. The Balaban J connectivity index is 2.13.